The van der Waals surface area contributed by atoms with Gasteiger partial charge in [0.1, 0.15) is 5.76 Å². The third-order valence-corrected chi connectivity index (χ3v) is 7.71. The van der Waals surface area contributed by atoms with Gasteiger partial charge < -0.3 is 14.5 Å². The number of nitrogens with zero attached hydrogens (tertiary/aromatic N) is 3. The Hall–Kier alpha value is -3.59. The van der Waals surface area contributed by atoms with Crippen LogP contribution in [0.4, 0.5) is 0 Å². The van der Waals surface area contributed by atoms with Crippen molar-refractivity contribution >= 4 is 34.2 Å². The molecule has 0 saturated heterocycles. The standard InChI is InChI=1S/C28H32N4O6S/c1-17-6-8-19(9-7-17)25-24(26(33)30-2)22-15-21(18-10-11-18)23(31-27(22)38-25)16-32(39(35)36)14-4-5-20(12-13-29)28(34)37-3/h6-9,15,18,20H,4-5,10-12,14,16H2,1-3H3,(H,30,33)(H,35,36). The van der Waals surface area contributed by atoms with Gasteiger partial charge in [0, 0.05) is 25.6 Å². The van der Waals surface area contributed by atoms with Crippen LogP contribution in [0.2, 0.25) is 0 Å². The van der Waals surface area contributed by atoms with Gasteiger partial charge in [0.2, 0.25) is 17.0 Å². The maximum Gasteiger partial charge on any atom is 0.309 e. The number of nitriles is 1. The molecule has 1 saturated carbocycles. The van der Waals surface area contributed by atoms with Crippen molar-refractivity contribution in [3.63, 3.8) is 0 Å². The lowest BCUT2D eigenvalue weighted by molar-refractivity contribution is -0.145. The Labute approximate surface area is 229 Å². The number of amides is 1. The van der Waals surface area contributed by atoms with Crippen molar-refractivity contribution in [3.8, 4) is 17.4 Å². The van der Waals surface area contributed by atoms with Crippen LogP contribution in [0.5, 0.6) is 0 Å². The van der Waals surface area contributed by atoms with E-state index in [1.807, 2.05) is 43.3 Å². The van der Waals surface area contributed by atoms with Crippen molar-refractivity contribution in [1.82, 2.24) is 14.6 Å². The second kappa shape index (κ2) is 12.5. The van der Waals surface area contributed by atoms with Crippen molar-refractivity contribution in [2.24, 2.45) is 5.92 Å². The molecule has 206 valence electrons. The second-order valence-corrected chi connectivity index (χ2v) is 10.7. The number of nitrogens with one attached hydrogen (secondary N) is 1. The molecule has 39 heavy (non-hydrogen) atoms. The zero-order valence-electron chi connectivity index (χ0n) is 22.2. The molecule has 2 unspecified atom stereocenters. The van der Waals surface area contributed by atoms with E-state index in [4.69, 9.17) is 19.4 Å². The molecule has 0 radical (unpaired) electrons. The highest BCUT2D eigenvalue weighted by molar-refractivity contribution is 7.76. The summed E-state index contributed by atoms with van der Waals surface area (Å²) in [7, 11) is 2.84. The SMILES string of the molecule is CNC(=O)c1c(-c2ccc(C)cc2)oc2nc(CN(CCCC(CC#N)C(=O)OC)S(=O)O)c(C3CC3)cc12. The third-order valence-electron chi connectivity index (χ3n) is 6.96. The Morgan fingerprint density at radius 1 is 1.33 bits per heavy atom. The molecule has 11 heteroatoms. The number of hydrogen-bond acceptors (Lipinski definition) is 7. The van der Waals surface area contributed by atoms with Crippen LogP contribution < -0.4 is 5.32 Å². The minimum atomic E-state index is -2.29. The van der Waals surface area contributed by atoms with Crippen molar-refractivity contribution in [1.29, 1.82) is 5.26 Å². The van der Waals surface area contributed by atoms with E-state index in [2.05, 4.69) is 5.32 Å². The van der Waals surface area contributed by atoms with Gasteiger partial charge in [-0.2, -0.15) is 9.57 Å². The maximum absolute atomic E-state index is 13.0. The number of aryl methyl sites for hydroxylation is 1. The summed E-state index contributed by atoms with van der Waals surface area (Å²) in [6.45, 7) is 2.28. The number of rotatable bonds is 12. The molecule has 1 aromatic carbocycles. The molecule has 2 atom stereocenters. The number of esters is 1. The fraction of sp³-hybridized carbons (Fsp3) is 0.429. The predicted octanol–water partition coefficient (Wildman–Crippen LogP) is 4.46. The highest BCUT2D eigenvalue weighted by Crippen LogP contribution is 2.44. The Morgan fingerprint density at radius 2 is 2.05 bits per heavy atom. The molecule has 0 spiro atoms. The molecule has 4 rings (SSSR count). The fourth-order valence-corrected chi connectivity index (χ4v) is 5.20. The van der Waals surface area contributed by atoms with Crippen molar-refractivity contribution in [2.45, 2.75) is 51.5 Å². The first-order valence-corrected chi connectivity index (χ1v) is 13.9. The van der Waals surface area contributed by atoms with E-state index < -0.39 is 23.2 Å². The predicted molar refractivity (Wildman–Crippen MR) is 146 cm³/mol. The average molecular weight is 553 g/mol. The Morgan fingerprint density at radius 3 is 2.64 bits per heavy atom. The number of carbonyl (C=O) groups is 2. The summed E-state index contributed by atoms with van der Waals surface area (Å²) < 4.78 is 34.6. The number of ether oxygens (including phenoxy) is 1. The van der Waals surface area contributed by atoms with Gasteiger partial charge in [0.05, 0.1) is 42.3 Å². The average Bonchev–Trinajstić information content (AvgIpc) is 3.71. The van der Waals surface area contributed by atoms with E-state index >= 15 is 0 Å². The summed E-state index contributed by atoms with van der Waals surface area (Å²) in [6.07, 6.45) is 2.72. The van der Waals surface area contributed by atoms with Crippen LogP contribution in [0.15, 0.2) is 34.7 Å². The van der Waals surface area contributed by atoms with Gasteiger partial charge in [-0.1, -0.05) is 29.8 Å². The quantitative estimate of drug-likeness (QED) is 0.247. The summed E-state index contributed by atoms with van der Waals surface area (Å²) >= 11 is -2.29. The normalized spacial score (nSPS) is 14.7. The molecular formula is C28H32N4O6S. The van der Waals surface area contributed by atoms with Gasteiger partial charge in [-0.05, 0) is 50.2 Å². The van der Waals surface area contributed by atoms with E-state index in [0.29, 0.717) is 35.2 Å². The second-order valence-electron chi connectivity index (χ2n) is 9.72. The minimum Gasteiger partial charge on any atom is -0.469 e. The summed E-state index contributed by atoms with van der Waals surface area (Å²) in [6, 6.07) is 11.6. The third kappa shape index (κ3) is 6.53. The van der Waals surface area contributed by atoms with Crippen LogP contribution in [0.3, 0.4) is 0 Å². The molecule has 0 bridgehead atoms. The number of methoxy groups -OCH3 is 1. The zero-order valence-corrected chi connectivity index (χ0v) is 23.0. The maximum atomic E-state index is 13.0. The fourth-order valence-electron chi connectivity index (χ4n) is 4.68. The Kier molecular flexibility index (Phi) is 9.12. The number of fused-ring (bicyclic) bond motifs is 1. The zero-order chi connectivity index (χ0) is 28.1. The number of aromatic nitrogens is 1. The van der Waals surface area contributed by atoms with Crippen LogP contribution in [0.1, 0.15) is 65.2 Å². The van der Waals surface area contributed by atoms with E-state index in [0.717, 1.165) is 29.5 Å². The molecule has 2 aromatic heterocycles. The summed E-state index contributed by atoms with van der Waals surface area (Å²) in [5.74, 6) is -0.663. The van der Waals surface area contributed by atoms with Crippen molar-refractivity contribution in [2.75, 3.05) is 20.7 Å². The molecule has 2 heterocycles. The molecule has 1 fully saturated rings. The smallest absolute Gasteiger partial charge is 0.309 e. The van der Waals surface area contributed by atoms with Crippen LogP contribution in [-0.2, 0) is 27.3 Å². The molecule has 1 amide bonds. The van der Waals surface area contributed by atoms with E-state index in [1.54, 1.807) is 7.05 Å². The first-order chi connectivity index (χ1) is 18.8. The molecule has 1 aliphatic carbocycles. The number of pyridine rings is 1. The lowest BCUT2D eigenvalue weighted by Crippen LogP contribution is -2.28. The molecule has 3 aromatic rings. The van der Waals surface area contributed by atoms with Gasteiger partial charge in [0.15, 0.2) is 0 Å². The van der Waals surface area contributed by atoms with Gasteiger partial charge >= 0.3 is 5.97 Å². The van der Waals surface area contributed by atoms with Gasteiger partial charge in [-0.3, -0.25) is 14.1 Å². The largest absolute Gasteiger partial charge is 0.469 e. The lowest BCUT2D eigenvalue weighted by Gasteiger charge is -2.20. The van der Waals surface area contributed by atoms with Crippen molar-refractivity contribution in [3.05, 3.63) is 52.7 Å². The topological polar surface area (TPSA) is 146 Å². The van der Waals surface area contributed by atoms with Gasteiger partial charge in [0.25, 0.3) is 5.91 Å². The number of furan rings is 1. The molecule has 2 N–H and O–H groups in total. The summed E-state index contributed by atoms with van der Waals surface area (Å²) in [5, 5.41) is 12.3. The first kappa shape index (κ1) is 28.4. The monoisotopic (exact) mass is 552 g/mol. The number of benzene rings is 1. The Bertz CT molecular complexity index is 1420. The number of carbonyl (C=O) groups excluding carboxylic acids is 2. The van der Waals surface area contributed by atoms with E-state index in [9.17, 15) is 18.4 Å². The molecule has 1 aliphatic rings. The molecule has 0 aliphatic heterocycles. The van der Waals surface area contributed by atoms with Gasteiger partial charge in [-0.25, -0.2) is 9.19 Å². The van der Waals surface area contributed by atoms with Crippen molar-refractivity contribution < 1.29 is 27.5 Å². The highest BCUT2D eigenvalue weighted by atomic mass is 32.2. The van der Waals surface area contributed by atoms with Crippen LogP contribution >= 0.6 is 0 Å². The molecule has 10 nitrogen and oxygen atoms in total. The molecular weight excluding hydrogens is 520 g/mol. The lowest BCUT2D eigenvalue weighted by atomic mass is 10.00. The van der Waals surface area contributed by atoms with E-state index in [-0.39, 0.29) is 37.0 Å². The first-order valence-electron chi connectivity index (χ1n) is 12.8. The van der Waals surface area contributed by atoms with Crippen LogP contribution in [-0.4, -0.2) is 50.6 Å². The van der Waals surface area contributed by atoms with Gasteiger partial charge in [-0.15, -0.1) is 0 Å². The summed E-state index contributed by atoms with van der Waals surface area (Å²) in [4.78, 5) is 29.6. The van der Waals surface area contributed by atoms with E-state index in [1.165, 1.54) is 11.4 Å². The summed E-state index contributed by atoms with van der Waals surface area (Å²) in [5.41, 5.74) is 4.06. The van der Waals surface area contributed by atoms with Crippen LogP contribution in [0.25, 0.3) is 22.4 Å². The number of hydrogen-bond donors (Lipinski definition) is 2. The Balaban J connectivity index is 1.67. The highest BCUT2D eigenvalue weighted by Gasteiger charge is 2.31. The minimum absolute atomic E-state index is 0.0222. The van der Waals surface area contributed by atoms with Crippen LogP contribution in [0, 0.1) is 24.2 Å².